The maximum Gasteiger partial charge on any atom is 0.264 e. The molecule has 3 aromatic carbocycles. The van der Waals surface area contributed by atoms with E-state index in [0.717, 1.165) is 124 Å². The van der Waals surface area contributed by atoms with Crippen LogP contribution >= 0.6 is 11.3 Å². The van der Waals surface area contributed by atoms with Crippen LogP contribution in [0.2, 0.25) is 0 Å². The van der Waals surface area contributed by atoms with Crippen LogP contribution in [0.5, 0.6) is 5.75 Å². The minimum atomic E-state index is -2.72. The number of likely N-dealkylation sites (tertiary alicyclic amines) is 3. The van der Waals surface area contributed by atoms with Gasteiger partial charge in [-0.25, -0.2) is 13.8 Å². The molecule has 6 heterocycles. The number of aromatic nitrogens is 3. The number of hydrogen-bond acceptors (Lipinski definition) is 14. The van der Waals surface area contributed by atoms with Crippen molar-refractivity contribution in [1.82, 2.24) is 40.1 Å². The molecule has 3 atom stereocenters. The smallest absolute Gasteiger partial charge is 0.264 e. The number of fused-ring (bicyclic) bond motifs is 1. The third kappa shape index (κ3) is 16.1. The summed E-state index contributed by atoms with van der Waals surface area (Å²) in [5, 5.41) is 20.0. The fraction of sp³-hybridized carbons (Fsp3) is 0.508. The summed E-state index contributed by atoms with van der Waals surface area (Å²) in [6.45, 7) is 14.5. The largest absolute Gasteiger partial charge is 0.497 e. The monoisotopic (exact) mass is 1160 g/mol. The zero-order chi connectivity index (χ0) is 59.9. The summed E-state index contributed by atoms with van der Waals surface area (Å²) in [6, 6.07) is 15.6. The lowest BCUT2D eigenvalue weighted by Gasteiger charge is -2.37. The number of methoxy groups -OCH3 is 1. The molecule has 9 rings (SSSR count). The van der Waals surface area contributed by atoms with Crippen molar-refractivity contribution in [3.63, 3.8) is 0 Å². The van der Waals surface area contributed by atoms with Gasteiger partial charge in [0.25, 0.3) is 6.43 Å². The number of thiazole rings is 1. The summed E-state index contributed by atoms with van der Waals surface area (Å²) in [5.74, 6) is 1.18. The number of likely N-dealkylation sites (N-methyl/N-ethyl adjacent to an activating group) is 1. The number of ether oxygens (including phenoxy) is 1. The first-order valence-corrected chi connectivity index (χ1v) is 29.8. The van der Waals surface area contributed by atoms with E-state index in [9.17, 15) is 29.1 Å². The second kappa shape index (κ2) is 30.1. The molecule has 3 amide bonds. The molecular weight excluding hydrogens is 1080 g/mol. The summed E-state index contributed by atoms with van der Waals surface area (Å²) in [6.07, 6.45) is 11.4. The number of hydrogen-bond donors (Lipinski definition) is 3. The van der Waals surface area contributed by atoms with Crippen molar-refractivity contribution >= 4 is 65.3 Å². The average molecular weight is 1160 g/mol. The first-order chi connectivity index (χ1) is 39.9. The number of halogens is 2. The molecule has 20 heteroatoms. The van der Waals surface area contributed by atoms with Gasteiger partial charge in [-0.1, -0.05) is 38.1 Å². The molecule has 3 N–H and O–H groups in total. The van der Waals surface area contributed by atoms with Crippen molar-refractivity contribution in [3.8, 4) is 27.3 Å². The highest BCUT2D eigenvalue weighted by molar-refractivity contribution is 7.13. The fourth-order valence-corrected chi connectivity index (χ4v) is 12.1. The summed E-state index contributed by atoms with van der Waals surface area (Å²) in [5.41, 5.74) is 10.9. The Hall–Kier alpha value is -6.87. The van der Waals surface area contributed by atoms with Crippen molar-refractivity contribution in [2.45, 2.75) is 117 Å². The Morgan fingerprint density at radius 3 is 2.22 bits per heavy atom. The SMILES string of the molecule is CN[C@@H](CO)c1ccc(-c2scnc2C)cc1.COc1cc(N(C)C)c(/C=C(/C)C=O)c(N2CCCc3cc(-c4cnn(C5CCN(C(=O)C6CCN(CC(=O)NC(C)C(C)C)CC6)CC5)c4)c(C(F)F)cc32)c1.O=C[C@@H]1CCCN1C=O. The minimum absolute atomic E-state index is 0.00612. The van der Waals surface area contributed by atoms with Crippen molar-refractivity contribution in [2.75, 3.05) is 90.5 Å². The van der Waals surface area contributed by atoms with E-state index in [1.807, 2.05) is 97.6 Å². The Morgan fingerprint density at radius 2 is 1.64 bits per heavy atom. The van der Waals surface area contributed by atoms with Crippen molar-refractivity contribution in [1.29, 1.82) is 0 Å². The molecule has 0 aliphatic carbocycles. The van der Waals surface area contributed by atoms with Crippen LogP contribution in [0.25, 0.3) is 27.6 Å². The number of amides is 3. The Balaban J connectivity index is 0.000000309. The third-order valence-corrected chi connectivity index (χ3v) is 17.5. The maximum atomic E-state index is 15.0. The summed E-state index contributed by atoms with van der Waals surface area (Å²) >= 11 is 1.65. The van der Waals surface area contributed by atoms with Gasteiger partial charge in [0.1, 0.15) is 18.3 Å². The van der Waals surface area contributed by atoms with E-state index in [4.69, 9.17) is 4.74 Å². The highest BCUT2D eigenvalue weighted by Gasteiger charge is 2.33. The van der Waals surface area contributed by atoms with Gasteiger partial charge in [0.2, 0.25) is 18.2 Å². The van der Waals surface area contributed by atoms with Crippen molar-refractivity contribution in [3.05, 3.63) is 100.0 Å². The van der Waals surface area contributed by atoms with E-state index in [1.165, 1.54) is 15.3 Å². The average Bonchev–Trinajstić information content (AvgIpc) is 3.70. The van der Waals surface area contributed by atoms with Gasteiger partial charge in [-0.3, -0.25) is 28.8 Å². The summed E-state index contributed by atoms with van der Waals surface area (Å²) < 4.78 is 37.6. The molecule has 4 aliphatic heterocycles. The molecule has 2 aromatic heterocycles. The molecule has 83 heavy (non-hydrogen) atoms. The maximum absolute atomic E-state index is 15.0. The van der Waals surface area contributed by atoms with Gasteiger partial charge in [0.05, 0.1) is 66.4 Å². The number of allylic oxidation sites excluding steroid dienone is 1. The molecule has 0 spiro atoms. The van der Waals surface area contributed by atoms with E-state index in [1.54, 1.807) is 37.6 Å². The molecule has 4 aliphatic rings. The van der Waals surface area contributed by atoms with Crippen LogP contribution in [0, 0.1) is 18.8 Å². The second-order valence-electron chi connectivity index (χ2n) is 22.6. The van der Waals surface area contributed by atoms with E-state index in [-0.39, 0.29) is 54.1 Å². The van der Waals surface area contributed by atoms with Gasteiger partial charge in [0, 0.05) is 98.6 Å². The number of benzene rings is 3. The number of piperidine rings is 2. The normalized spacial score (nSPS) is 17.7. The zero-order valence-electron chi connectivity index (χ0n) is 49.7. The molecular formula is C63H84F2N10O7S. The molecule has 3 fully saturated rings. The van der Waals surface area contributed by atoms with Crippen LogP contribution in [-0.4, -0.2) is 158 Å². The lowest BCUT2D eigenvalue weighted by molar-refractivity contribution is -0.138. The lowest BCUT2D eigenvalue weighted by atomic mass is 9.92. The fourth-order valence-electron chi connectivity index (χ4n) is 11.2. The van der Waals surface area contributed by atoms with Gasteiger partial charge < -0.3 is 44.9 Å². The molecule has 448 valence electrons. The van der Waals surface area contributed by atoms with Gasteiger partial charge in [-0.15, -0.1) is 11.3 Å². The van der Waals surface area contributed by atoms with E-state index in [2.05, 4.69) is 56.5 Å². The number of aliphatic hydroxyl groups excluding tert-OH is 1. The highest BCUT2D eigenvalue weighted by Crippen LogP contribution is 2.45. The van der Waals surface area contributed by atoms with Crippen LogP contribution in [0.1, 0.15) is 119 Å². The molecule has 0 saturated carbocycles. The van der Waals surface area contributed by atoms with Crippen molar-refractivity contribution in [2.24, 2.45) is 11.8 Å². The van der Waals surface area contributed by atoms with E-state index < -0.39 is 6.43 Å². The van der Waals surface area contributed by atoms with Gasteiger partial charge >= 0.3 is 0 Å². The van der Waals surface area contributed by atoms with Crippen LogP contribution in [0.15, 0.2) is 72.0 Å². The second-order valence-corrected chi connectivity index (χ2v) is 23.5. The Labute approximate surface area is 492 Å². The van der Waals surface area contributed by atoms with Gasteiger partial charge in [-0.05, 0) is 144 Å². The van der Waals surface area contributed by atoms with Crippen molar-refractivity contribution < 1.29 is 42.6 Å². The topological polar surface area (TPSA) is 186 Å². The molecule has 0 radical (unpaired) electrons. The Morgan fingerprint density at radius 1 is 0.916 bits per heavy atom. The number of nitrogens with one attached hydrogen (secondary N) is 2. The van der Waals surface area contributed by atoms with Crippen LogP contribution in [0.4, 0.5) is 25.8 Å². The Kier molecular flexibility index (Phi) is 23.1. The quantitative estimate of drug-likeness (QED) is 0.0525. The molecule has 5 aromatic rings. The number of aldehydes is 2. The molecule has 3 saturated heterocycles. The molecule has 17 nitrogen and oxygen atoms in total. The number of aliphatic hydroxyl groups is 1. The highest BCUT2D eigenvalue weighted by atomic mass is 32.1. The first kappa shape index (κ1) is 63.7. The first-order valence-electron chi connectivity index (χ1n) is 29.0. The van der Waals surface area contributed by atoms with Crippen LogP contribution in [-0.2, 0) is 30.4 Å². The number of alkyl halides is 2. The lowest BCUT2D eigenvalue weighted by Crippen LogP contribution is -2.48. The number of carbonyl (C=O) groups is 5. The van der Waals surface area contributed by atoms with Crippen LogP contribution in [0.3, 0.4) is 0 Å². The van der Waals surface area contributed by atoms with Gasteiger partial charge in [-0.2, -0.15) is 5.10 Å². The third-order valence-electron chi connectivity index (χ3n) is 16.5. The van der Waals surface area contributed by atoms with E-state index >= 15 is 8.78 Å². The van der Waals surface area contributed by atoms with Crippen LogP contribution < -0.4 is 25.2 Å². The predicted octanol–water partition coefficient (Wildman–Crippen LogP) is 9.46. The number of rotatable bonds is 19. The zero-order valence-corrected chi connectivity index (χ0v) is 50.5. The Bertz CT molecular complexity index is 2990. The number of anilines is 3. The summed E-state index contributed by atoms with van der Waals surface area (Å²) in [4.78, 5) is 73.2. The number of aryl methyl sites for hydroxylation is 2. The van der Waals surface area contributed by atoms with Gasteiger partial charge in [0.15, 0.2) is 0 Å². The summed E-state index contributed by atoms with van der Waals surface area (Å²) in [7, 11) is 7.29. The minimum Gasteiger partial charge on any atom is -0.497 e. The standard InChI is InChI=1S/C44H59F2N7O4.C13H16N2OS.C6H9NO2/c1-28(2)30(4)48-42(55)26-50-15-10-31(11-16-50)44(56)51-17-12-34(13-18-51)53-25-33(24-47-53)36-20-32-9-8-14-52(39(32)23-37(36)43(45)46)41-22-35(57-7)21-40(49(5)6)38(41)19-29(3)27-54;1-9-13(17-8-15-9)11-5-3-10(4-6-11)12(7-16)14-2;8-4-6-2-1-3-7(6)5-9/h19-25,27-28,30-31,34,43H,8-18,26H2,1-7H3,(H,48,55);3-6,8,12,14,16H,7H2,1-2H3;4-6H,1-3H2/b29-19-;;/t;12-;6-/m.00/s1. The molecule has 1 unspecified atom stereocenters. The predicted molar refractivity (Wildman–Crippen MR) is 324 cm³/mol. The number of carbonyl (C=O) groups excluding carboxylic acids is 5. The number of nitrogens with zero attached hydrogens (tertiary/aromatic N) is 8. The van der Waals surface area contributed by atoms with E-state index in [0.29, 0.717) is 60.2 Å². The molecule has 0 bridgehead atoms.